The van der Waals surface area contributed by atoms with Crippen LogP contribution in [0, 0.1) is 10.1 Å². The number of hydrogen-bond acceptors (Lipinski definition) is 3. The van der Waals surface area contributed by atoms with E-state index in [9.17, 15) is 10.1 Å². The number of rotatable bonds is 1. The number of benzene rings is 1. The zero-order valence-corrected chi connectivity index (χ0v) is 8.54. The lowest BCUT2D eigenvalue weighted by Gasteiger charge is -2.21. The van der Waals surface area contributed by atoms with E-state index in [2.05, 4.69) is 0 Å². The van der Waals surface area contributed by atoms with Gasteiger partial charge in [0.1, 0.15) is 5.52 Å². The summed E-state index contributed by atoms with van der Waals surface area (Å²) >= 11 is 0. The first-order valence-corrected chi connectivity index (χ1v) is 4.53. The van der Waals surface area contributed by atoms with Crippen LogP contribution in [0.1, 0.15) is 0 Å². The molecular weight excluding hydrogens is 194 g/mol. The second-order valence-electron chi connectivity index (χ2n) is 3.49. The molecule has 1 aromatic heterocycles. The molecule has 0 spiro atoms. The molecule has 0 aliphatic heterocycles. The van der Waals surface area contributed by atoms with Gasteiger partial charge in [-0.05, 0) is 6.07 Å². The summed E-state index contributed by atoms with van der Waals surface area (Å²) in [6.45, 7) is 0. The second kappa shape index (κ2) is 3.27. The van der Waals surface area contributed by atoms with Crippen molar-refractivity contribution in [3.8, 4) is 0 Å². The van der Waals surface area contributed by atoms with E-state index in [0.717, 1.165) is 4.73 Å². The van der Waals surface area contributed by atoms with Gasteiger partial charge in [0.2, 0.25) is 0 Å². The molecule has 0 fully saturated rings. The molecule has 0 saturated heterocycles. The molecule has 15 heavy (non-hydrogen) atoms. The zero-order chi connectivity index (χ0) is 11.0. The number of anilines is 1. The van der Waals surface area contributed by atoms with E-state index in [4.69, 9.17) is 0 Å². The largest absolute Gasteiger partial charge is 0.804 e. The minimum Gasteiger partial charge on any atom is -0.804 e. The van der Waals surface area contributed by atoms with Gasteiger partial charge in [-0.1, -0.05) is 12.1 Å². The Labute approximate surface area is 86.4 Å². The van der Waals surface area contributed by atoms with Crippen LogP contribution < -0.4 is 9.33 Å². The number of fused-ring (bicyclic) bond motifs is 1. The standard InChI is InChI=1S/C10H11N3O2/c1-11(2)10-7-12(14)8-5-3-4-6-9(8)13(10)15/h3-7H,1-2H3. The summed E-state index contributed by atoms with van der Waals surface area (Å²) in [5.74, 6) is 0.323. The Kier molecular flexibility index (Phi) is 2.07. The van der Waals surface area contributed by atoms with Crippen molar-refractivity contribution in [1.29, 1.82) is 0 Å². The van der Waals surface area contributed by atoms with Gasteiger partial charge in [0.25, 0.3) is 11.7 Å². The lowest BCUT2D eigenvalue weighted by atomic mass is 10.3. The highest BCUT2D eigenvalue weighted by atomic mass is 16.5. The molecule has 0 aliphatic rings. The van der Waals surface area contributed by atoms with Crippen LogP contribution in [0.2, 0.25) is 0 Å². The Morgan fingerprint density at radius 2 is 2.00 bits per heavy atom. The van der Waals surface area contributed by atoms with Crippen LogP contribution in [0.5, 0.6) is 0 Å². The SMILES string of the molecule is CN(C)c1c[n+](=O)c2ccccc2n1[O-]. The normalized spacial score (nSPS) is 10.5. The summed E-state index contributed by atoms with van der Waals surface area (Å²) in [6, 6.07) is 6.71. The van der Waals surface area contributed by atoms with E-state index in [1.165, 1.54) is 6.20 Å². The molecule has 0 atom stereocenters. The Morgan fingerprint density at radius 1 is 1.33 bits per heavy atom. The lowest BCUT2D eigenvalue weighted by molar-refractivity contribution is -0.463. The van der Waals surface area contributed by atoms with Crippen LogP contribution in [0.3, 0.4) is 0 Å². The van der Waals surface area contributed by atoms with Gasteiger partial charge in [-0.25, -0.2) is 0 Å². The molecule has 0 bridgehead atoms. The molecule has 2 aromatic rings. The summed E-state index contributed by atoms with van der Waals surface area (Å²) in [5, 5.41) is 11.8. The maximum Gasteiger partial charge on any atom is 0.286 e. The third-order valence-electron chi connectivity index (χ3n) is 2.24. The van der Waals surface area contributed by atoms with Gasteiger partial charge < -0.3 is 14.8 Å². The van der Waals surface area contributed by atoms with Crippen LogP contribution in [0.25, 0.3) is 11.0 Å². The highest BCUT2D eigenvalue weighted by molar-refractivity contribution is 5.73. The monoisotopic (exact) mass is 205 g/mol. The number of para-hydroxylation sites is 2. The summed E-state index contributed by atoms with van der Waals surface area (Å²) in [5.41, 5.74) is 0.747. The van der Waals surface area contributed by atoms with Crippen LogP contribution in [0.15, 0.2) is 30.5 Å². The van der Waals surface area contributed by atoms with Gasteiger partial charge >= 0.3 is 0 Å². The average molecular weight is 205 g/mol. The quantitative estimate of drug-likeness (QED) is 0.652. The topological polar surface area (TPSA) is 54.2 Å². The summed E-state index contributed by atoms with van der Waals surface area (Å²) in [6.07, 6.45) is 1.27. The van der Waals surface area contributed by atoms with Crippen molar-refractivity contribution < 1.29 is 4.43 Å². The zero-order valence-electron chi connectivity index (χ0n) is 8.54. The maximum absolute atomic E-state index is 11.8. The van der Waals surface area contributed by atoms with E-state index in [0.29, 0.717) is 21.3 Å². The molecule has 0 saturated carbocycles. The Morgan fingerprint density at radius 3 is 2.67 bits per heavy atom. The molecule has 78 valence electrons. The summed E-state index contributed by atoms with van der Waals surface area (Å²) in [7, 11) is 3.44. The summed E-state index contributed by atoms with van der Waals surface area (Å²) < 4.78 is 1.46. The van der Waals surface area contributed by atoms with Crippen molar-refractivity contribution in [2.24, 2.45) is 0 Å². The predicted octanol–water partition coefficient (Wildman–Crippen LogP) is 0.968. The van der Waals surface area contributed by atoms with Crippen molar-refractivity contribution in [3.05, 3.63) is 40.6 Å². The van der Waals surface area contributed by atoms with E-state index in [1.54, 1.807) is 43.3 Å². The van der Waals surface area contributed by atoms with Gasteiger partial charge in [0.15, 0.2) is 5.82 Å². The third-order valence-corrected chi connectivity index (χ3v) is 2.24. The highest BCUT2D eigenvalue weighted by Crippen LogP contribution is 2.15. The first-order chi connectivity index (χ1) is 7.11. The number of aromatic nitrogens is 2. The Hall–Kier alpha value is -2.04. The average Bonchev–Trinajstić information content (AvgIpc) is 2.23. The molecule has 1 aromatic carbocycles. The molecule has 0 unspecified atom stereocenters. The fourth-order valence-corrected chi connectivity index (χ4v) is 1.47. The van der Waals surface area contributed by atoms with Crippen LogP contribution >= 0.6 is 0 Å². The van der Waals surface area contributed by atoms with Gasteiger partial charge in [-0.15, -0.1) is 0 Å². The summed E-state index contributed by atoms with van der Waals surface area (Å²) in [4.78, 5) is 13.2. The smallest absolute Gasteiger partial charge is 0.286 e. The molecule has 1 heterocycles. The number of nitrogens with zero attached hydrogens (tertiary/aromatic N) is 3. The van der Waals surface area contributed by atoms with Gasteiger partial charge in [-0.2, -0.15) is 0 Å². The minimum atomic E-state index is 0.323. The van der Waals surface area contributed by atoms with Crippen molar-refractivity contribution in [1.82, 2.24) is 4.73 Å². The van der Waals surface area contributed by atoms with Crippen molar-refractivity contribution in [2.45, 2.75) is 0 Å². The number of hydrogen-bond donors (Lipinski definition) is 0. The first kappa shape index (κ1) is 9.51. The minimum absolute atomic E-state index is 0.323. The predicted molar refractivity (Wildman–Crippen MR) is 58.4 cm³/mol. The maximum atomic E-state index is 11.8. The molecule has 0 radical (unpaired) electrons. The van der Waals surface area contributed by atoms with E-state index >= 15 is 0 Å². The second-order valence-corrected chi connectivity index (χ2v) is 3.49. The molecule has 5 nitrogen and oxygen atoms in total. The van der Waals surface area contributed by atoms with Crippen LogP contribution in [-0.4, -0.2) is 18.8 Å². The van der Waals surface area contributed by atoms with Gasteiger partial charge in [0.05, 0.1) is 4.43 Å². The van der Waals surface area contributed by atoms with Crippen molar-refractivity contribution in [2.75, 3.05) is 19.0 Å². The molecule has 0 aliphatic carbocycles. The molecular formula is C10H11N3O2. The van der Waals surface area contributed by atoms with Crippen LogP contribution in [-0.2, 0) is 0 Å². The highest BCUT2D eigenvalue weighted by Gasteiger charge is 2.11. The third kappa shape index (κ3) is 1.41. The van der Waals surface area contributed by atoms with Crippen molar-refractivity contribution in [3.63, 3.8) is 0 Å². The fourth-order valence-electron chi connectivity index (χ4n) is 1.47. The molecule has 0 N–H and O–H groups in total. The fraction of sp³-hybridized carbons (Fsp3) is 0.200. The van der Waals surface area contributed by atoms with Gasteiger partial charge in [-0.3, -0.25) is 0 Å². The lowest BCUT2D eigenvalue weighted by Crippen LogP contribution is -2.23. The van der Waals surface area contributed by atoms with E-state index < -0.39 is 0 Å². The van der Waals surface area contributed by atoms with E-state index in [1.807, 2.05) is 0 Å². The van der Waals surface area contributed by atoms with E-state index in [-0.39, 0.29) is 0 Å². The Balaban J connectivity index is 2.91. The molecule has 0 amide bonds. The molecule has 5 heteroatoms. The van der Waals surface area contributed by atoms with Gasteiger partial charge in [0, 0.05) is 25.1 Å². The molecule has 2 rings (SSSR count). The van der Waals surface area contributed by atoms with Crippen LogP contribution in [0.4, 0.5) is 5.82 Å². The first-order valence-electron chi connectivity index (χ1n) is 4.53. The van der Waals surface area contributed by atoms with Crippen molar-refractivity contribution >= 4 is 16.9 Å². The Bertz CT molecular complexity index is 560.